The van der Waals surface area contributed by atoms with Crippen LogP contribution in [-0.2, 0) is 6.42 Å². The molecule has 154 valence electrons. The third kappa shape index (κ3) is 4.96. The number of ether oxygens (including phenoxy) is 1. The number of carbonyl (C=O) groups is 2. The molecule has 30 heavy (non-hydrogen) atoms. The smallest absolute Gasteiger partial charge is 0.338 e. The lowest BCUT2D eigenvalue weighted by Gasteiger charge is -2.10. The van der Waals surface area contributed by atoms with Gasteiger partial charge in [-0.15, -0.1) is 0 Å². The zero-order chi connectivity index (χ0) is 21.7. The summed E-state index contributed by atoms with van der Waals surface area (Å²) in [6.45, 7) is 0.412. The summed E-state index contributed by atoms with van der Waals surface area (Å²) in [5.41, 5.74) is 2.35. The van der Waals surface area contributed by atoms with Crippen molar-refractivity contribution in [3.8, 4) is 16.9 Å². The van der Waals surface area contributed by atoms with Crippen LogP contribution in [0.25, 0.3) is 11.1 Å². The van der Waals surface area contributed by atoms with Gasteiger partial charge in [0.25, 0.3) is 5.91 Å². The van der Waals surface area contributed by atoms with E-state index in [0.29, 0.717) is 34.9 Å². The van der Waals surface area contributed by atoms with Crippen molar-refractivity contribution in [3.05, 3.63) is 88.2 Å². The molecule has 0 saturated heterocycles. The first-order chi connectivity index (χ1) is 14.4. The van der Waals surface area contributed by atoms with Crippen molar-refractivity contribution in [1.29, 1.82) is 0 Å². The van der Waals surface area contributed by atoms with Crippen LogP contribution in [0, 0.1) is 5.82 Å². The molecule has 3 aromatic carbocycles. The second kappa shape index (κ2) is 9.41. The molecule has 0 aliphatic heterocycles. The van der Waals surface area contributed by atoms with Gasteiger partial charge in [-0.25, -0.2) is 9.18 Å². The molecule has 0 heterocycles. The Balaban J connectivity index is 1.61. The predicted octanol–water partition coefficient (Wildman–Crippen LogP) is 4.83. The molecule has 0 saturated carbocycles. The maximum atomic E-state index is 13.9. The Morgan fingerprint density at radius 2 is 1.70 bits per heavy atom. The number of methoxy groups -OCH3 is 1. The highest BCUT2D eigenvalue weighted by Gasteiger charge is 2.13. The Morgan fingerprint density at radius 1 is 1.00 bits per heavy atom. The van der Waals surface area contributed by atoms with Gasteiger partial charge in [-0.3, -0.25) is 4.79 Å². The van der Waals surface area contributed by atoms with Gasteiger partial charge in [0.15, 0.2) is 0 Å². The molecule has 2 N–H and O–H groups in total. The average Bonchev–Trinajstić information content (AvgIpc) is 2.73. The summed E-state index contributed by atoms with van der Waals surface area (Å²) in [5, 5.41) is 12.2. The van der Waals surface area contributed by atoms with E-state index in [0.717, 1.165) is 11.1 Å². The number of carbonyl (C=O) groups excluding carboxylic acids is 1. The van der Waals surface area contributed by atoms with Gasteiger partial charge in [0.05, 0.1) is 18.2 Å². The van der Waals surface area contributed by atoms with Gasteiger partial charge in [-0.2, -0.15) is 0 Å². The summed E-state index contributed by atoms with van der Waals surface area (Å²) in [7, 11) is 1.49. The van der Waals surface area contributed by atoms with Gasteiger partial charge in [0, 0.05) is 11.6 Å². The first-order valence-electron chi connectivity index (χ1n) is 9.13. The van der Waals surface area contributed by atoms with Crippen LogP contribution in [-0.4, -0.2) is 30.6 Å². The number of carboxylic acids is 1. The standard InChI is InChI=1S/C23H19ClFNO4/c1-30-21-9-7-17(24)13-19(21)22(27)26-11-10-14-2-4-15(5-3-14)16-6-8-18(23(28)29)20(25)12-16/h2-9,12-13H,10-11H2,1H3,(H,26,27)(H,28,29). The van der Waals surface area contributed by atoms with E-state index in [-0.39, 0.29) is 11.5 Å². The topological polar surface area (TPSA) is 75.6 Å². The fraction of sp³-hybridized carbons (Fsp3) is 0.130. The van der Waals surface area contributed by atoms with Gasteiger partial charge in [0.1, 0.15) is 11.6 Å². The molecule has 0 radical (unpaired) electrons. The number of rotatable bonds is 7. The van der Waals surface area contributed by atoms with Gasteiger partial charge < -0.3 is 15.2 Å². The van der Waals surface area contributed by atoms with Crippen LogP contribution in [0.3, 0.4) is 0 Å². The van der Waals surface area contributed by atoms with Gasteiger partial charge in [-0.1, -0.05) is 41.9 Å². The first-order valence-corrected chi connectivity index (χ1v) is 9.50. The van der Waals surface area contributed by atoms with Crippen molar-refractivity contribution in [1.82, 2.24) is 5.32 Å². The number of nitrogens with one attached hydrogen (secondary N) is 1. The monoisotopic (exact) mass is 427 g/mol. The molecule has 3 rings (SSSR count). The van der Waals surface area contributed by atoms with Crippen LogP contribution < -0.4 is 10.1 Å². The van der Waals surface area contributed by atoms with E-state index in [1.165, 1.54) is 19.2 Å². The first kappa shape index (κ1) is 21.3. The van der Waals surface area contributed by atoms with Crippen LogP contribution in [0.15, 0.2) is 60.7 Å². The van der Waals surface area contributed by atoms with Crippen molar-refractivity contribution in [2.24, 2.45) is 0 Å². The molecule has 0 spiro atoms. The summed E-state index contributed by atoms with van der Waals surface area (Å²) in [4.78, 5) is 23.3. The van der Waals surface area contributed by atoms with Gasteiger partial charge in [-0.05, 0) is 53.4 Å². The Labute approximate surface area is 178 Å². The van der Waals surface area contributed by atoms with Gasteiger partial charge >= 0.3 is 5.97 Å². The number of hydrogen-bond donors (Lipinski definition) is 2. The number of benzene rings is 3. The van der Waals surface area contributed by atoms with E-state index in [1.54, 1.807) is 24.3 Å². The quantitative estimate of drug-likeness (QED) is 0.566. The zero-order valence-corrected chi connectivity index (χ0v) is 16.9. The second-order valence-corrected chi connectivity index (χ2v) is 6.98. The Hall–Kier alpha value is -3.38. The van der Waals surface area contributed by atoms with Crippen molar-refractivity contribution in [2.45, 2.75) is 6.42 Å². The highest BCUT2D eigenvalue weighted by molar-refractivity contribution is 6.31. The maximum Gasteiger partial charge on any atom is 0.338 e. The zero-order valence-electron chi connectivity index (χ0n) is 16.1. The van der Waals surface area contributed by atoms with E-state index in [1.807, 2.05) is 24.3 Å². The van der Waals surface area contributed by atoms with E-state index < -0.39 is 11.8 Å². The van der Waals surface area contributed by atoms with Crippen LogP contribution >= 0.6 is 11.6 Å². The third-order valence-corrected chi connectivity index (χ3v) is 4.83. The fourth-order valence-corrected chi connectivity index (χ4v) is 3.18. The molecule has 7 heteroatoms. The Kier molecular flexibility index (Phi) is 6.69. The number of halogens is 2. The van der Waals surface area contributed by atoms with Crippen LogP contribution in [0.5, 0.6) is 5.75 Å². The molecule has 5 nitrogen and oxygen atoms in total. The van der Waals surface area contributed by atoms with Crippen molar-refractivity contribution in [2.75, 3.05) is 13.7 Å². The highest BCUT2D eigenvalue weighted by Crippen LogP contribution is 2.24. The lowest BCUT2D eigenvalue weighted by atomic mass is 10.0. The maximum absolute atomic E-state index is 13.9. The van der Waals surface area contributed by atoms with E-state index in [2.05, 4.69) is 5.32 Å². The van der Waals surface area contributed by atoms with Crippen LogP contribution in [0.4, 0.5) is 4.39 Å². The van der Waals surface area contributed by atoms with E-state index >= 15 is 0 Å². The summed E-state index contributed by atoms with van der Waals surface area (Å²) >= 11 is 5.96. The lowest BCUT2D eigenvalue weighted by molar-refractivity contribution is 0.0691. The van der Waals surface area contributed by atoms with E-state index in [9.17, 15) is 14.0 Å². The second-order valence-electron chi connectivity index (χ2n) is 6.55. The molecule has 3 aromatic rings. The van der Waals surface area contributed by atoms with Gasteiger partial charge in [0.2, 0.25) is 0 Å². The summed E-state index contributed by atoms with van der Waals surface area (Å²) in [5.74, 6) is -1.91. The lowest BCUT2D eigenvalue weighted by Crippen LogP contribution is -2.26. The predicted molar refractivity (Wildman–Crippen MR) is 113 cm³/mol. The molecule has 0 bridgehead atoms. The van der Waals surface area contributed by atoms with Crippen molar-refractivity contribution in [3.63, 3.8) is 0 Å². The normalized spacial score (nSPS) is 10.5. The van der Waals surface area contributed by atoms with Crippen molar-refractivity contribution < 1.29 is 23.8 Å². The number of carboxylic acid groups (broad SMARTS) is 1. The Morgan fingerprint density at radius 3 is 2.33 bits per heavy atom. The molecular weight excluding hydrogens is 409 g/mol. The van der Waals surface area contributed by atoms with Crippen LogP contribution in [0.2, 0.25) is 5.02 Å². The van der Waals surface area contributed by atoms with Crippen LogP contribution in [0.1, 0.15) is 26.3 Å². The molecule has 0 aliphatic rings. The Bertz CT molecular complexity index is 1080. The molecule has 0 fully saturated rings. The molecule has 0 atom stereocenters. The number of hydrogen-bond acceptors (Lipinski definition) is 3. The summed E-state index contributed by atoms with van der Waals surface area (Å²) < 4.78 is 19.1. The third-order valence-electron chi connectivity index (χ3n) is 4.59. The highest BCUT2D eigenvalue weighted by atomic mass is 35.5. The minimum atomic E-state index is -1.30. The fourth-order valence-electron chi connectivity index (χ4n) is 3.01. The number of aromatic carboxylic acids is 1. The molecule has 1 amide bonds. The van der Waals surface area contributed by atoms with E-state index in [4.69, 9.17) is 21.4 Å². The minimum absolute atomic E-state index is 0.278. The summed E-state index contributed by atoms with van der Waals surface area (Å²) in [6, 6.07) is 16.3. The van der Waals surface area contributed by atoms with Crippen molar-refractivity contribution >= 4 is 23.5 Å². The molecule has 0 unspecified atom stereocenters. The number of amides is 1. The SMILES string of the molecule is COc1ccc(Cl)cc1C(=O)NCCc1ccc(-c2ccc(C(=O)O)c(F)c2)cc1. The largest absolute Gasteiger partial charge is 0.496 e. The molecule has 0 aliphatic carbocycles. The molecular formula is C23H19ClFNO4. The minimum Gasteiger partial charge on any atom is -0.496 e. The summed E-state index contributed by atoms with van der Waals surface area (Å²) in [6.07, 6.45) is 0.598. The average molecular weight is 428 g/mol. The molecule has 0 aromatic heterocycles.